The van der Waals surface area contributed by atoms with Gasteiger partial charge in [0.15, 0.2) is 0 Å². The summed E-state index contributed by atoms with van der Waals surface area (Å²) in [6.07, 6.45) is 13.2. The molecule has 0 aliphatic carbocycles. The number of unbranched alkanes of at least 4 members (excludes halogenated alkanes) is 10. The molecule has 0 aromatic rings. The minimum Gasteiger partial charge on any atom is -0.481 e. The summed E-state index contributed by atoms with van der Waals surface area (Å²) in [5.74, 6) is -0.680. The van der Waals surface area contributed by atoms with Crippen molar-refractivity contribution in [2.75, 3.05) is 32.8 Å². The number of hydrogen-bond donors (Lipinski definition) is 2. The van der Waals surface area contributed by atoms with E-state index in [0.29, 0.717) is 32.7 Å². The lowest BCUT2D eigenvalue weighted by Gasteiger charge is -2.26. The molecule has 0 unspecified atom stereocenters. The lowest BCUT2D eigenvalue weighted by Crippen LogP contribution is -2.46. The zero-order chi connectivity index (χ0) is 18.2. The summed E-state index contributed by atoms with van der Waals surface area (Å²) in [4.78, 5) is 24.1. The highest BCUT2D eigenvalue weighted by molar-refractivity contribution is 5.74. The number of ether oxygens (including phenoxy) is 1. The quantitative estimate of drug-likeness (QED) is 0.464. The number of carbonyl (C=O) groups excluding carboxylic acids is 1. The number of urea groups is 1. The Morgan fingerprint density at radius 3 is 1.80 bits per heavy atom. The maximum atomic E-state index is 11.9. The SMILES string of the molecule is O=C(O)CCCCCCCCCCCCCNC(=O)N1CCOCC1. The van der Waals surface area contributed by atoms with Gasteiger partial charge in [0.05, 0.1) is 13.2 Å². The van der Waals surface area contributed by atoms with Crippen LogP contribution in [0.5, 0.6) is 0 Å². The maximum Gasteiger partial charge on any atom is 0.317 e. The van der Waals surface area contributed by atoms with Crippen molar-refractivity contribution in [2.24, 2.45) is 0 Å². The predicted octanol–water partition coefficient (Wildman–Crippen LogP) is 3.79. The number of nitrogens with zero attached hydrogens (tertiary/aromatic N) is 1. The van der Waals surface area contributed by atoms with Crippen molar-refractivity contribution in [3.05, 3.63) is 0 Å². The molecule has 1 fully saturated rings. The predicted molar refractivity (Wildman–Crippen MR) is 98.8 cm³/mol. The Labute approximate surface area is 152 Å². The lowest BCUT2D eigenvalue weighted by atomic mass is 10.1. The highest BCUT2D eigenvalue weighted by atomic mass is 16.5. The summed E-state index contributed by atoms with van der Waals surface area (Å²) >= 11 is 0. The number of morpholine rings is 1. The van der Waals surface area contributed by atoms with Crippen LogP contribution in [-0.2, 0) is 9.53 Å². The molecule has 0 saturated carbocycles. The van der Waals surface area contributed by atoms with Crippen molar-refractivity contribution in [3.8, 4) is 0 Å². The van der Waals surface area contributed by atoms with Gasteiger partial charge < -0.3 is 20.1 Å². The van der Waals surface area contributed by atoms with Gasteiger partial charge in [-0.2, -0.15) is 0 Å². The summed E-state index contributed by atoms with van der Waals surface area (Å²) < 4.78 is 5.24. The van der Waals surface area contributed by atoms with Crippen LogP contribution in [0.3, 0.4) is 0 Å². The standard InChI is InChI=1S/C19H36N2O4/c22-18(23)12-10-8-6-4-2-1-3-5-7-9-11-13-20-19(24)21-14-16-25-17-15-21/h1-17H2,(H,20,24)(H,22,23). The van der Waals surface area contributed by atoms with E-state index in [-0.39, 0.29) is 6.03 Å². The molecule has 0 atom stereocenters. The van der Waals surface area contributed by atoms with E-state index in [4.69, 9.17) is 9.84 Å². The van der Waals surface area contributed by atoms with E-state index in [1.807, 2.05) is 4.90 Å². The van der Waals surface area contributed by atoms with E-state index in [1.165, 1.54) is 44.9 Å². The molecule has 0 aromatic heterocycles. The van der Waals surface area contributed by atoms with Crippen molar-refractivity contribution >= 4 is 12.0 Å². The number of rotatable bonds is 14. The molecule has 6 heteroatoms. The zero-order valence-corrected chi connectivity index (χ0v) is 15.6. The van der Waals surface area contributed by atoms with Crippen LogP contribution in [0.15, 0.2) is 0 Å². The third-order valence-electron chi connectivity index (χ3n) is 4.64. The van der Waals surface area contributed by atoms with Gasteiger partial charge in [-0.25, -0.2) is 4.79 Å². The molecule has 2 amide bonds. The van der Waals surface area contributed by atoms with Crippen LogP contribution in [0.4, 0.5) is 4.79 Å². The average Bonchev–Trinajstić information content (AvgIpc) is 2.62. The molecular formula is C19H36N2O4. The van der Waals surface area contributed by atoms with Crippen molar-refractivity contribution in [3.63, 3.8) is 0 Å². The molecule has 146 valence electrons. The first-order valence-electron chi connectivity index (χ1n) is 10.0. The third-order valence-corrected chi connectivity index (χ3v) is 4.64. The first-order valence-corrected chi connectivity index (χ1v) is 10.0. The van der Waals surface area contributed by atoms with E-state index in [1.54, 1.807) is 0 Å². The molecular weight excluding hydrogens is 320 g/mol. The Morgan fingerprint density at radius 2 is 1.28 bits per heavy atom. The number of amides is 2. The number of nitrogens with one attached hydrogen (secondary N) is 1. The first kappa shape index (κ1) is 21.7. The maximum absolute atomic E-state index is 11.9. The highest BCUT2D eigenvalue weighted by Gasteiger charge is 2.15. The van der Waals surface area contributed by atoms with Gasteiger partial charge in [-0.05, 0) is 12.8 Å². The van der Waals surface area contributed by atoms with E-state index in [2.05, 4.69) is 5.32 Å². The van der Waals surface area contributed by atoms with E-state index in [9.17, 15) is 9.59 Å². The molecule has 1 rings (SSSR count). The fourth-order valence-corrected chi connectivity index (χ4v) is 3.07. The van der Waals surface area contributed by atoms with Crippen molar-refractivity contribution in [1.29, 1.82) is 0 Å². The number of hydrogen-bond acceptors (Lipinski definition) is 3. The first-order chi connectivity index (χ1) is 12.2. The number of carboxylic acids is 1. The molecule has 25 heavy (non-hydrogen) atoms. The Bertz CT molecular complexity index is 357. The molecule has 2 N–H and O–H groups in total. The third kappa shape index (κ3) is 12.7. The Kier molecular flexibility index (Phi) is 13.0. The number of aliphatic carboxylic acids is 1. The summed E-state index contributed by atoms with van der Waals surface area (Å²) in [6, 6.07) is 0.0478. The molecule has 1 heterocycles. The second-order valence-corrected chi connectivity index (χ2v) is 6.86. The van der Waals surface area contributed by atoms with Crippen molar-refractivity contribution in [2.45, 2.75) is 77.0 Å². The molecule has 0 radical (unpaired) electrons. The van der Waals surface area contributed by atoms with Crippen molar-refractivity contribution in [1.82, 2.24) is 10.2 Å². The topological polar surface area (TPSA) is 78.9 Å². The minimum atomic E-state index is -0.680. The Balaban J connectivity index is 1.75. The largest absolute Gasteiger partial charge is 0.481 e. The van der Waals surface area contributed by atoms with Gasteiger partial charge in [-0.3, -0.25) is 4.79 Å². The average molecular weight is 357 g/mol. The Hall–Kier alpha value is -1.30. The summed E-state index contributed by atoms with van der Waals surface area (Å²) in [7, 11) is 0. The molecule has 1 aliphatic rings. The van der Waals surface area contributed by atoms with Gasteiger partial charge in [-0.15, -0.1) is 0 Å². The van der Waals surface area contributed by atoms with Crippen LogP contribution in [0.1, 0.15) is 77.0 Å². The highest BCUT2D eigenvalue weighted by Crippen LogP contribution is 2.11. The molecule has 6 nitrogen and oxygen atoms in total. The monoisotopic (exact) mass is 356 g/mol. The van der Waals surface area contributed by atoms with Gasteiger partial charge in [0.2, 0.25) is 0 Å². The summed E-state index contributed by atoms with van der Waals surface area (Å²) in [5, 5.41) is 11.5. The van der Waals surface area contributed by atoms with Crippen molar-refractivity contribution < 1.29 is 19.4 Å². The van der Waals surface area contributed by atoms with Gasteiger partial charge in [0.25, 0.3) is 0 Å². The second kappa shape index (κ2) is 15.0. The minimum absolute atomic E-state index is 0.0478. The molecule has 0 spiro atoms. The van der Waals surface area contributed by atoms with Gasteiger partial charge in [-0.1, -0.05) is 57.8 Å². The summed E-state index contributed by atoms with van der Waals surface area (Å²) in [5.41, 5.74) is 0. The molecule has 0 aromatic carbocycles. The smallest absolute Gasteiger partial charge is 0.317 e. The lowest BCUT2D eigenvalue weighted by molar-refractivity contribution is -0.137. The van der Waals surface area contributed by atoms with Crippen LogP contribution in [0.2, 0.25) is 0 Å². The van der Waals surface area contributed by atoms with E-state index < -0.39 is 5.97 Å². The van der Waals surface area contributed by atoms with Crippen LogP contribution in [-0.4, -0.2) is 54.9 Å². The number of carbonyl (C=O) groups is 2. The van der Waals surface area contributed by atoms with Crippen LogP contribution in [0, 0.1) is 0 Å². The fourth-order valence-electron chi connectivity index (χ4n) is 3.07. The van der Waals surface area contributed by atoms with Gasteiger partial charge >= 0.3 is 12.0 Å². The summed E-state index contributed by atoms with van der Waals surface area (Å²) in [6.45, 7) is 3.47. The van der Waals surface area contributed by atoms with Gasteiger partial charge in [0.1, 0.15) is 0 Å². The molecule has 0 bridgehead atoms. The molecule has 1 saturated heterocycles. The normalized spacial score (nSPS) is 14.5. The van der Waals surface area contributed by atoms with Gasteiger partial charge in [0, 0.05) is 26.1 Å². The fraction of sp³-hybridized carbons (Fsp3) is 0.895. The van der Waals surface area contributed by atoms with Crippen LogP contribution >= 0.6 is 0 Å². The second-order valence-electron chi connectivity index (χ2n) is 6.86. The molecule has 1 aliphatic heterocycles. The van der Waals surface area contributed by atoms with Crippen LogP contribution < -0.4 is 5.32 Å². The van der Waals surface area contributed by atoms with Crippen LogP contribution in [0.25, 0.3) is 0 Å². The number of carboxylic acid groups (broad SMARTS) is 1. The zero-order valence-electron chi connectivity index (χ0n) is 15.6. The van der Waals surface area contributed by atoms with E-state index >= 15 is 0 Å². The van der Waals surface area contributed by atoms with E-state index in [0.717, 1.165) is 32.2 Å². The Morgan fingerprint density at radius 1 is 0.800 bits per heavy atom.